The van der Waals surface area contributed by atoms with Crippen LogP contribution in [0, 0.1) is 11.3 Å². The van der Waals surface area contributed by atoms with Crippen LogP contribution in [0.15, 0.2) is 42.5 Å². The van der Waals surface area contributed by atoms with E-state index in [0.717, 1.165) is 17.8 Å². The number of nitriles is 1. The van der Waals surface area contributed by atoms with Crippen LogP contribution in [0.3, 0.4) is 0 Å². The highest BCUT2D eigenvalue weighted by Crippen LogP contribution is 2.12. The van der Waals surface area contributed by atoms with Crippen molar-refractivity contribution in [3.63, 3.8) is 0 Å². The van der Waals surface area contributed by atoms with Gasteiger partial charge >= 0.3 is 0 Å². The molecule has 1 aromatic carbocycles. The largest absolute Gasteiger partial charge is 0.385 e. The van der Waals surface area contributed by atoms with E-state index in [9.17, 15) is 0 Å². The molecule has 0 fully saturated rings. The average molecular weight is 198 g/mol. The van der Waals surface area contributed by atoms with Crippen LogP contribution in [0.1, 0.15) is 12.5 Å². The van der Waals surface area contributed by atoms with E-state index in [4.69, 9.17) is 5.26 Å². The van der Waals surface area contributed by atoms with Crippen molar-refractivity contribution in [3.05, 3.63) is 48.1 Å². The summed E-state index contributed by atoms with van der Waals surface area (Å²) in [5, 5.41) is 11.9. The number of anilines is 1. The van der Waals surface area contributed by atoms with Crippen LogP contribution < -0.4 is 5.32 Å². The summed E-state index contributed by atoms with van der Waals surface area (Å²) in [6.07, 6.45) is 3.36. The van der Waals surface area contributed by atoms with Crippen LogP contribution in [0.5, 0.6) is 0 Å². The van der Waals surface area contributed by atoms with E-state index in [1.807, 2.05) is 30.3 Å². The first-order chi connectivity index (χ1) is 7.30. The lowest BCUT2D eigenvalue weighted by Crippen LogP contribution is -1.95. The Labute approximate surface area is 90.5 Å². The number of nitrogens with zero attached hydrogens (tertiary/aromatic N) is 1. The third-order valence-electron chi connectivity index (χ3n) is 1.96. The summed E-state index contributed by atoms with van der Waals surface area (Å²) in [6.45, 7) is 6.53. The highest BCUT2D eigenvalue weighted by Gasteiger charge is 1.92. The van der Waals surface area contributed by atoms with Crippen molar-refractivity contribution in [2.45, 2.75) is 6.92 Å². The predicted molar refractivity (Wildman–Crippen MR) is 64.4 cm³/mol. The molecule has 0 radical (unpaired) electrons. The zero-order valence-corrected chi connectivity index (χ0v) is 8.83. The number of hydrogen-bond acceptors (Lipinski definition) is 2. The van der Waals surface area contributed by atoms with E-state index in [2.05, 4.69) is 24.9 Å². The highest BCUT2D eigenvalue weighted by molar-refractivity contribution is 5.62. The van der Waals surface area contributed by atoms with E-state index in [0.29, 0.717) is 5.57 Å². The Bertz CT molecular complexity index is 394. The molecule has 0 saturated heterocycles. The fourth-order valence-corrected chi connectivity index (χ4v) is 1.22. The molecule has 0 aliphatic heterocycles. The molecule has 2 nitrogen and oxygen atoms in total. The van der Waals surface area contributed by atoms with Crippen molar-refractivity contribution in [1.82, 2.24) is 0 Å². The Hall–Kier alpha value is -2.01. The van der Waals surface area contributed by atoms with Crippen LogP contribution in [0.25, 0.3) is 6.08 Å². The molecule has 0 bridgehead atoms. The minimum Gasteiger partial charge on any atom is -0.385 e. The third-order valence-corrected chi connectivity index (χ3v) is 1.96. The van der Waals surface area contributed by atoms with Crippen molar-refractivity contribution in [2.75, 3.05) is 11.9 Å². The van der Waals surface area contributed by atoms with Gasteiger partial charge in [-0.25, -0.2) is 0 Å². The summed E-state index contributed by atoms with van der Waals surface area (Å²) in [4.78, 5) is 0. The van der Waals surface area contributed by atoms with Gasteiger partial charge in [0, 0.05) is 12.2 Å². The van der Waals surface area contributed by atoms with Crippen LogP contribution in [0.2, 0.25) is 0 Å². The second kappa shape index (κ2) is 5.66. The highest BCUT2D eigenvalue weighted by atomic mass is 14.8. The van der Waals surface area contributed by atoms with Gasteiger partial charge in [-0.15, -0.1) is 0 Å². The molecule has 0 aliphatic rings. The monoisotopic (exact) mass is 198 g/mol. The second-order valence-electron chi connectivity index (χ2n) is 3.07. The zero-order chi connectivity index (χ0) is 11.1. The van der Waals surface area contributed by atoms with Gasteiger partial charge in [-0.1, -0.05) is 24.8 Å². The molecule has 0 aromatic heterocycles. The van der Waals surface area contributed by atoms with Gasteiger partial charge in [-0.2, -0.15) is 5.26 Å². The number of allylic oxidation sites excluding steroid dienone is 2. The lowest BCUT2D eigenvalue weighted by atomic mass is 10.1. The van der Waals surface area contributed by atoms with Crippen molar-refractivity contribution in [1.29, 1.82) is 5.26 Å². The van der Waals surface area contributed by atoms with Gasteiger partial charge in [0.15, 0.2) is 0 Å². The van der Waals surface area contributed by atoms with Gasteiger partial charge in [0.2, 0.25) is 0 Å². The summed E-state index contributed by atoms with van der Waals surface area (Å²) in [5.41, 5.74) is 2.67. The molecule has 1 N–H and O–H groups in total. The van der Waals surface area contributed by atoms with E-state index in [1.54, 1.807) is 6.08 Å². The van der Waals surface area contributed by atoms with Gasteiger partial charge in [0.25, 0.3) is 0 Å². The molecule has 0 spiro atoms. The van der Waals surface area contributed by atoms with Crippen LogP contribution >= 0.6 is 0 Å². The van der Waals surface area contributed by atoms with Crippen molar-refractivity contribution < 1.29 is 0 Å². The minimum atomic E-state index is 0.575. The van der Waals surface area contributed by atoms with E-state index in [-0.39, 0.29) is 0 Å². The molecule has 0 atom stereocenters. The first-order valence-corrected chi connectivity index (χ1v) is 4.88. The Morgan fingerprint density at radius 3 is 2.60 bits per heavy atom. The van der Waals surface area contributed by atoms with Crippen LogP contribution in [-0.2, 0) is 0 Å². The molecule has 2 heteroatoms. The lowest BCUT2D eigenvalue weighted by molar-refractivity contribution is 1.21. The molecule has 15 heavy (non-hydrogen) atoms. The number of hydrogen-bond donors (Lipinski definition) is 1. The Kier molecular flexibility index (Phi) is 4.18. The van der Waals surface area contributed by atoms with Gasteiger partial charge in [-0.05, 0) is 30.7 Å². The summed E-state index contributed by atoms with van der Waals surface area (Å²) < 4.78 is 0. The third kappa shape index (κ3) is 3.32. The second-order valence-corrected chi connectivity index (χ2v) is 3.07. The molecule has 0 saturated carbocycles. The maximum absolute atomic E-state index is 8.72. The molecule has 0 aliphatic carbocycles. The fourth-order valence-electron chi connectivity index (χ4n) is 1.22. The summed E-state index contributed by atoms with van der Waals surface area (Å²) >= 11 is 0. The number of rotatable bonds is 4. The molecule has 0 heterocycles. The summed E-state index contributed by atoms with van der Waals surface area (Å²) in [6, 6.07) is 10.00. The van der Waals surface area contributed by atoms with E-state index < -0.39 is 0 Å². The maximum Gasteiger partial charge on any atom is 0.0991 e. The van der Waals surface area contributed by atoms with Crippen molar-refractivity contribution >= 4 is 11.8 Å². The molecular formula is C13H14N2. The zero-order valence-electron chi connectivity index (χ0n) is 8.83. The molecular weight excluding hydrogens is 184 g/mol. The average Bonchev–Trinajstić information content (AvgIpc) is 2.28. The van der Waals surface area contributed by atoms with E-state index >= 15 is 0 Å². The van der Waals surface area contributed by atoms with Crippen molar-refractivity contribution in [3.8, 4) is 6.07 Å². The normalized spacial score (nSPS) is 10.5. The Morgan fingerprint density at radius 2 is 2.13 bits per heavy atom. The Balaban J connectivity index is 2.85. The smallest absolute Gasteiger partial charge is 0.0991 e. The Morgan fingerprint density at radius 1 is 1.47 bits per heavy atom. The molecule has 76 valence electrons. The number of benzene rings is 1. The molecule has 0 unspecified atom stereocenters. The fraction of sp³-hybridized carbons (Fsp3) is 0.154. The first-order valence-electron chi connectivity index (χ1n) is 4.88. The first kappa shape index (κ1) is 11.1. The maximum atomic E-state index is 8.72. The summed E-state index contributed by atoms with van der Waals surface area (Å²) in [7, 11) is 0. The van der Waals surface area contributed by atoms with Crippen LogP contribution in [0.4, 0.5) is 5.69 Å². The minimum absolute atomic E-state index is 0.575. The standard InChI is InChI=1S/C13H14N2/c1-3-11(10-14)9-12-5-7-13(8-6-12)15-4-2/h3,5-9,15H,1,4H2,2H3/b11-9+. The lowest BCUT2D eigenvalue weighted by Gasteiger charge is -2.02. The van der Waals surface area contributed by atoms with Crippen molar-refractivity contribution in [2.24, 2.45) is 0 Å². The summed E-state index contributed by atoms with van der Waals surface area (Å²) in [5.74, 6) is 0. The quantitative estimate of drug-likeness (QED) is 0.595. The molecule has 0 amide bonds. The predicted octanol–water partition coefficient (Wildman–Crippen LogP) is 3.21. The van der Waals surface area contributed by atoms with E-state index in [1.165, 1.54) is 0 Å². The van der Waals surface area contributed by atoms with Crippen LogP contribution in [-0.4, -0.2) is 6.54 Å². The molecule has 1 aromatic rings. The van der Waals surface area contributed by atoms with Gasteiger partial charge in [0.1, 0.15) is 0 Å². The van der Waals surface area contributed by atoms with Gasteiger partial charge < -0.3 is 5.32 Å². The topological polar surface area (TPSA) is 35.8 Å². The molecule has 1 rings (SSSR count). The van der Waals surface area contributed by atoms with Gasteiger partial charge in [-0.3, -0.25) is 0 Å². The number of nitrogens with one attached hydrogen (secondary N) is 1. The van der Waals surface area contributed by atoms with Gasteiger partial charge in [0.05, 0.1) is 11.6 Å². The SMILES string of the molecule is C=C/C(C#N)=C\c1ccc(NCC)cc1.